The normalized spacial score (nSPS) is 12.5. The molecule has 4 aromatic rings. The number of rotatable bonds is 9. The summed E-state index contributed by atoms with van der Waals surface area (Å²) in [4.78, 5) is 4.26. The molecule has 0 bridgehead atoms. The molecular formula is C23H22BrClN4O5S. The van der Waals surface area contributed by atoms with E-state index in [1.165, 1.54) is 26.7 Å². The molecule has 0 fully saturated rings. The maximum atomic E-state index is 13.4. The van der Waals surface area contributed by atoms with E-state index in [2.05, 4.69) is 31.1 Å². The minimum atomic E-state index is -3.69. The number of ether oxygens (including phenoxy) is 2. The first-order chi connectivity index (χ1) is 16.7. The second kappa shape index (κ2) is 10.4. The van der Waals surface area contributed by atoms with E-state index < -0.39 is 15.1 Å². The van der Waals surface area contributed by atoms with Gasteiger partial charge < -0.3 is 13.9 Å². The highest BCUT2D eigenvalue weighted by Crippen LogP contribution is 2.37. The number of benzene rings is 1. The Hall–Kier alpha value is -2.89. The van der Waals surface area contributed by atoms with E-state index in [1.54, 1.807) is 47.9 Å². The fraction of sp³-hybridized carbons (Fsp3) is 0.261. The van der Waals surface area contributed by atoms with Gasteiger partial charge in [0.05, 0.1) is 36.4 Å². The Morgan fingerprint density at radius 1 is 1.14 bits per heavy atom. The van der Waals surface area contributed by atoms with Crippen LogP contribution in [0.5, 0.6) is 11.5 Å². The van der Waals surface area contributed by atoms with Gasteiger partial charge in [-0.25, -0.2) is 8.42 Å². The van der Waals surface area contributed by atoms with Crippen molar-refractivity contribution >= 4 is 37.4 Å². The number of hydrogen-bond donors (Lipinski definition) is 0. The number of furan rings is 1. The number of nitrogens with zero attached hydrogens (tertiary/aromatic N) is 4. The van der Waals surface area contributed by atoms with Crippen molar-refractivity contribution in [3.05, 3.63) is 69.9 Å². The molecular weight excluding hydrogens is 560 g/mol. The lowest BCUT2D eigenvalue weighted by Crippen LogP contribution is -2.24. The highest BCUT2D eigenvalue weighted by atomic mass is 79.9. The number of aromatic nitrogens is 4. The van der Waals surface area contributed by atoms with Crippen LogP contribution in [0.4, 0.5) is 0 Å². The minimum Gasteiger partial charge on any atom is -0.494 e. The van der Waals surface area contributed by atoms with Crippen molar-refractivity contribution in [2.75, 3.05) is 14.2 Å². The molecule has 1 aromatic carbocycles. The number of hydrogen-bond acceptors (Lipinski definition) is 8. The monoisotopic (exact) mass is 580 g/mol. The molecule has 3 heterocycles. The Morgan fingerprint density at radius 2 is 1.86 bits per heavy atom. The molecule has 0 radical (unpaired) electrons. The quantitative estimate of drug-likeness (QED) is 0.275. The zero-order chi connectivity index (χ0) is 25.2. The van der Waals surface area contributed by atoms with E-state index in [0.717, 1.165) is 0 Å². The second-order valence-corrected chi connectivity index (χ2v) is 11.4. The van der Waals surface area contributed by atoms with Crippen molar-refractivity contribution in [1.29, 1.82) is 0 Å². The van der Waals surface area contributed by atoms with Gasteiger partial charge in [0.15, 0.2) is 21.4 Å². The van der Waals surface area contributed by atoms with Crippen molar-refractivity contribution in [1.82, 2.24) is 19.7 Å². The first-order valence-corrected chi connectivity index (χ1v) is 13.3. The predicted molar refractivity (Wildman–Crippen MR) is 135 cm³/mol. The first-order valence-electron chi connectivity index (χ1n) is 10.5. The molecule has 3 aromatic heterocycles. The summed E-state index contributed by atoms with van der Waals surface area (Å²) in [6.07, 6.45) is 3.18. The zero-order valence-electron chi connectivity index (χ0n) is 19.1. The van der Waals surface area contributed by atoms with Gasteiger partial charge in [-0.1, -0.05) is 17.7 Å². The summed E-state index contributed by atoms with van der Waals surface area (Å²) in [6, 6.07) is 10.4. The molecule has 0 saturated carbocycles. The molecule has 12 heteroatoms. The van der Waals surface area contributed by atoms with Gasteiger partial charge in [0.2, 0.25) is 5.82 Å². The molecule has 4 rings (SSSR count). The Balaban J connectivity index is 1.77. The maximum Gasteiger partial charge on any atom is 0.204 e. The van der Waals surface area contributed by atoms with E-state index in [-0.39, 0.29) is 18.0 Å². The Bertz CT molecular complexity index is 1420. The van der Waals surface area contributed by atoms with Gasteiger partial charge in [-0.05, 0) is 53.2 Å². The summed E-state index contributed by atoms with van der Waals surface area (Å²) in [7, 11) is -0.656. The summed E-state index contributed by atoms with van der Waals surface area (Å²) >= 11 is 9.37. The number of pyridine rings is 1. The maximum absolute atomic E-state index is 13.4. The van der Waals surface area contributed by atoms with Crippen LogP contribution < -0.4 is 9.47 Å². The largest absolute Gasteiger partial charge is 0.494 e. The Kier molecular flexibility index (Phi) is 7.48. The number of para-hydroxylation sites is 1. The topological polar surface area (TPSA) is 109 Å². The van der Waals surface area contributed by atoms with Crippen LogP contribution in [0.3, 0.4) is 0 Å². The van der Waals surface area contributed by atoms with Crippen LogP contribution in [0.1, 0.15) is 18.4 Å². The van der Waals surface area contributed by atoms with Gasteiger partial charge in [-0.3, -0.25) is 9.55 Å². The third kappa shape index (κ3) is 5.21. The molecule has 0 saturated heterocycles. The summed E-state index contributed by atoms with van der Waals surface area (Å²) < 4.78 is 45.8. The SMILES string of the molecule is COc1cccc(OC)c1-n1c(CS(=O)(=O)[C@H](C)Cc2ncc(Cl)cc2Br)nnc1-c1ccco1. The van der Waals surface area contributed by atoms with Crippen LogP contribution in [0, 0.1) is 0 Å². The van der Waals surface area contributed by atoms with Gasteiger partial charge in [-0.2, -0.15) is 0 Å². The molecule has 1 atom stereocenters. The first kappa shape index (κ1) is 25.2. The van der Waals surface area contributed by atoms with Crippen molar-refractivity contribution in [3.63, 3.8) is 0 Å². The molecule has 0 aliphatic carbocycles. The zero-order valence-corrected chi connectivity index (χ0v) is 22.3. The average Bonchev–Trinajstić information content (AvgIpc) is 3.50. The lowest BCUT2D eigenvalue weighted by atomic mass is 10.2. The summed E-state index contributed by atoms with van der Waals surface area (Å²) in [5.74, 6) is 1.45. The summed E-state index contributed by atoms with van der Waals surface area (Å²) in [5.41, 5.74) is 1.06. The smallest absolute Gasteiger partial charge is 0.204 e. The third-order valence-electron chi connectivity index (χ3n) is 5.41. The Morgan fingerprint density at radius 3 is 2.46 bits per heavy atom. The van der Waals surface area contributed by atoms with E-state index in [1.807, 2.05) is 0 Å². The highest BCUT2D eigenvalue weighted by molar-refractivity contribution is 9.10. The van der Waals surface area contributed by atoms with Gasteiger partial charge >= 0.3 is 0 Å². The lowest BCUT2D eigenvalue weighted by Gasteiger charge is -2.18. The van der Waals surface area contributed by atoms with E-state index in [9.17, 15) is 8.42 Å². The van der Waals surface area contributed by atoms with Crippen molar-refractivity contribution in [2.24, 2.45) is 0 Å². The van der Waals surface area contributed by atoms with Crippen LogP contribution in [0.15, 0.2) is 57.7 Å². The van der Waals surface area contributed by atoms with Gasteiger partial charge in [0.1, 0.15) is 22.9 Å². The molecule has 35 heavy (non-hydrogen) atoms. The van der Waals surface area contributed by atoms with E-state index in [0.29, 0.717) is 44.0 Å². The fourth-order valence-electron chi connectivity index (χ4n) is 3.58. The van der Waals surface area contributed by atoms with Crippen molar-refractivity contribution < 1.29 is 22.3 Å². The van der Waals surface area contributed by atoms with E-state index >= 15 is 0 Å². The van der Waals surface area contributed by atoms with E-state index in [4.69, 9.17) is 25.5 Å². The number of halogens is 2. The third-order valence-corrected chi connectivity index (χ3v) is 8.35. The number of methoxy groups -OCH3 is 2. The van der Waals surface area contributed by atoms with Gasteiger partial charge in [-0.15, -0.1) is 10.2 Å². The molecule has 184 valence electrons. The molecule has 0 unspecified atom stereocenters. The highest BCUT2D eigenvalue weighted by Gasteiger charge is 2.30. The molecule has 0 aliphatic rings. The molecule has 9 nitrogen and oxygen atoms in total. The van der Waals surface area contributed by atoms with Crippen LogP contribution in [0.25, 0.3) is 17.3 Å². The predicted octanol–water partition coefficient (Wildman–Crippen LogP) is 4.90. The molecule has 0 aliphatic heterocycles. The summed E-state index contributed by atoms with van der Waals surface area (Å²) in [6.45, 7) is 1.63. The van der Waals surface area contributed by atoms with Crippen molar-refractivity contribution in [3.8, 4) is 28.8 Å². The lowest BCUT2D eigenvalue weighted by molar-refractivity contribution is 0.390. The molecule has 0 N–H and O–H groups in total. The summed E-state index contributed by atoms with van der Waals surface area (Å²) in [5, 5.41) is 8.17. The van der Waals surface area contributed by atoms with Gasteiger partial charge in [0, 0.05) is 17.1 Å². The van der Waals surface area contributed by atoms with Crippen LogP contribution in [0.2, 0.25) is 5.02 Å². The fourth-order valence-corrected chi connectivity index (χ4v) is 5.62. The molecule has 0 amide bonds. The van der Waals surface area contributed by atoms with Crippen LogP contribution in [-0.2, 0) is 22.0 Å². The Labute approximate surface area is 216 Å². The molecule has 0 spiro atoms. The van der Waals surface area contributed by atoms with Crippen LogP contribution in [-0.4, -0.2) is 47.6 Å². The average molecular weight is 582 g/mol. The van der Waals surface area contributed by atoms with Crippen LogP contribution >= 0.6 is 27.5 Å². The van der Waals surface area contributed by atoms with Gasteiger partial charge in [0.25, 0.3) is 0 Å². The second-order valence-electron chi connectivity index (χ2n) is 7.67. The standard InChI is InChI=1S/C23H22BrClN4O5S/c1-14(10-17-16(24)11-15(25)12-26-17)35(30,31)13-21-27-28-23(20-8-5-9-34-20)29(21)22-18(32-2)6-4-7-19(22)33-3/h4-9,11-12,14H,10,13H2,1-3H3/t14-/m1/s1. The van der Waals surface area contributed by atoms with Crippen molar-refractivity contribution in [2.45, 2.75) is 24.3 Å². The minimum absolute atomic E-state index is 0.189. The number of sulfone groups is 1.